The third kappa shape index (κ3) is 6.45. The molecule has 8 heteroatoms. The first-order valence-electron chi connectivity index (χ1n) is 18.4. The zero-order chi connectivity index (χ0) is 38.1. The van der Waals surface area contributed by atoms with Gasteiger partial charge in [0, 0.05) is 38.6 Å². The van der Waals surface area contributed by atoms with Gasteiger partial charge in [0.05, 0.1) is 12.1 Å². The first-order valence-corrected chi connectivity index (χ1v) is 18.4. The summed E-state index contributed by atoms with van der Waals surface area (Å²) < 4.78 is 6.62. The van der Waals surface area contributed by atoms with Crippen LogP contribution in [-0.4, -0.2) is 29.9 Å². The van der Waals surface area contributed by atoms with Crippen LogP contribution in [0.1, 0.15) is 0 Å². The van der Waals surface area contributed by atoms with E-state index in [2.05, 4.69) is 17.0 Å². The molecule has 0 N–H and O–H groups in total. The van der Waals surface area contributed by atoms with E-state index in [0.717, 1.165) is 60.9 Å². The van der Waals surface area contributed by atoms with Gasteiger partial charge in [0.15, 0.2) is 40.6 Å². The van der Waals surface area contributed by atoms with Crippen molar-refractivity contribution in [3.05, 3.63) is 187 Å². The average Bonchev–Trinajstić information content (AvgIpc) is 3.68. The fourth-order valence-corrected chi connectivity index (χ4v) is 6.96. The molecule has 10 rings (SSSR count). The van der Waals surface area contributed by atoms with E-state index in [1.54, 1.807) is 0 Å². The number of fused-ring (bicyclic) bond motifs is 3. The molecule has 0 atom stereocenters. The van der Waals surface area contributed by atoms with Gasteiger partial charge in [0.25, 0.3) is 0 Å². The largest absolute Gasteiger partial charge is 0.455 e. The Morgan fingerprint density at radius 1 is 0.351 bits per heavy atom. The summed E-state index contributed by atoms with van der Waals surface area (Å²) in [6.45, 7) is 7.42. The summed E-state index contributed by atoms with van der Waals surface area (Å²) in [6.07, 6.45) is 0. The van der Waals surface area contributed by atoms with Gasteiger partial charge in [0.2, 0.25) is 0 Å². The summed E-state index contributed by atoms with van der Waals surface area (Å²) in [5.74, 6) is 3.35. The summed E-state index contributed by atoms with van der Waals surface area (Å²) in [4.78, 5) is 33.3. The molecule has 3 aromatic heterocycles. The molecule has 10 aromatic rings. The molecule has 3 heterocycles. The van der Waals surface area contributed by atoms with Gasteiger partial charge in [-0.3, -0.25) is 0 Å². The van der Waals surface area contributed by atoms with Crippen LogP contribution in [0.3, 0.4) is 0 Å². The zero-order valence-electron chi connectivity index (χ0n) is 30.3. The Kier molecular flexibility index (Phi) is 8.36. The van der Waals surface area contributed by atoms with Crippen LogP contribution in [0.2, 0.25) is 0 Å². The lowest BCUT2D eigenvalue weighted by Crippen LogP contribution is -2.00. The molecule has 266 valence electrons. The van der Waals surface area contributed by atoms with Crippen molar-refractivity contribution in [3.63, 3.8) is 0 Å². The Morgan fingerprint density at radius 3 is 1.37 bits per heavy atom. The van der Waals surface area contributed by atoms with Crippen molar-refractivity contribution in [1.29, 1.82) is 0 Å². The molecule has 0 aliphatic rings. The fraction of sp³-hybridized carbons (Fsp3) is 0. The summed E-state index contributed by atoms with van der Waals surface area (Å²) in [5.41, 5.74) is 9.07. The molecule has 0 saturated carbocycles. The number of furan rings is 1. The number of benzene rings is 7. The highest BCUT2D eigenvalue weighted by molar-refractivity contribution is 6.10. The molecule has 57 heavy (non-hydrogen) atoms. The van der Waals surface area contributed by atoms with Gasteiger partial charge < -0.3 is 4.42 Å². The van der Waals surface area contributed by atoms with Crippen molar-refractivity contribution in [2.24, 2.45) is 0 Å². The molecule has 7 aromatic carbocycles. The van der Waals surface area contributed by atoms with Gasteiger partial charge >= 0.3 is 0 Å². The van der Waals surface area contributed by atoms with Crippen LogP contribution in [-0.2, 0) is 0 Å². The third-order valence-corrected chi connectivity index (χ3v) is 9.81. The van der Waals surface area contributed by atoms with E-state index < -0.39 is 0 Å². The third-order valence-electron chi connectivity index (χ3n) is 9.81. The number of para-hydroxylation sites is 1. The van der Waals surface area contributed by atoms with Crippen molar-refractivity contribution in [1.82, 2.24) is 29.9 Å². The number of rotatable bonds is 7. The van der Waals surface area contributed by atoms with Crippen LogP contribution < -0.4 is 0 Å². The van der Waals surface area contributed by atoms with Gasteiger partial charge in [-0.2, -0.15) is 0 Å². The predicted molar refractivity (Wildman–Crippen MR) is 225 cm³/mol. The SMILES string of the molecule is [C-]#[N+]c1cccc(-c2ccc(-c3nc(-c4ccccc4)nc(-c4cccc5c4oc4ccc(-c6nc(-c7ccccc7)nc(-c7ccccc7)n6)cc45)n3)cc2)c1. The first kappa shape index (κ1) is 33.4. The summed E-state index contributed by atoms with van der Waals surface area (Å²) in [7, 11) is 0. The van der Waals surface area contributed by atoms with Gasteiger partial charge in [-0.05, 0) is 41.5 Å². The Morgan fingerprint density at radius 2 is 0.807 bits per heavy atom. The lowest BCUT2D eigenvalue weighted by molar-refractivity contribution is 0.669. The molecular weight excluding hydrogens is 703 g/mol. The molecule has 0 spiro atoms. The second-order valence-electron chi connectivity index (χ2n) is 13.4. The van der Waals surface area contributed by atoms with Crippen molar-refractivity contribution in [2.75, 3.05) is 0 Å². The zero-order valence-corrected chi connectivity index (χ0v) is 30.3. The predicted octanol–water partition coefficient (Wildman–Crippen LogP) is 12.2. The van der Waals surface area contributed by atoms with Crippen LogP contribution in [0.25, 0.3) is 106 Å². The topological polar surface area (TPSA) is 94.8 Å². The van der Waals surface area contributed by atoms with Crippen LogP contribution in [0.4, 0.5) is 5.69 Å². The first-order chi connectivity index (χ1) is 28.2. The van der Waals surface area contributed by atoms with Crippen molar-refractivity contribution in [3.8, 4) is 79.5 Å². The fourth-order valence-electron chi connectivity index (χ4n) is 6.96. The highest BCUT2D eigenvalue weighted by Gasteiger charge is 2.19. The number of aromatic nitrogens is 6. The van der Waals surface area contributed by atoms with Crippen molar-refractivity contribution >= 4 is 27.6 Å². The molecular formula is C49H29N7O. The van der Waals surface area contributed by atoms with E-state index >= 15 is 0 Å². The minimum absolute atomic E-state index is 0.495. The van der Waals surface area contributed by atoms with Gasteiger partial charge in [-0.1, -0.05) is 146 Å². The van der Waals surface area contributed by atoms with E-state index in [1.165, 1.54) is 0 Å². The van der Waals surface area contributed by atoms with Crippen LogP contribution >= 0.6 is 0 Å². The van der Waals surface area contributed by atoms with Crippen LogP contribution in [0.15, 0.2) is 180 Å². The van der Waals surface area contributed by atoms with Gasteiger partial charge in [-0.15, -0.1) is 0 Å². The minimum atomic E-state index is 0.495. The van der Waals surface area contributed by atoms with E-state index in [-0.39, 0.29) is 0 Å². The Balaban J connectivity index is 1.09. The van der Waals surface area contributed by atoms with Crippen LogP contribution in [0.5, 0.6) is 0 Å². The lowest BCUT2D eigenvalue weighted by Gasteiger charge is -2.09. The maximum atomic E-state index is 7.42. The molecule has 0 unspecified atom stereocenters. The normalized spacial score (nSPS) is 11.1. The van der Waals surface area contributed by atoms with Crippen molar-refractivity contribution < 1.29 is 4.42 Å². The number of hydrogen-bond donors (Lipinski definition) is 0. The standard InChI is InChI=1S/C49H29N7O/c1-50-38-20-11-19-36(29-38)31-23-25-35(26-24-31)47-52-46(34-17-9-4-10-18-34)55-49(56-47)40-22-12-21-39-41-30-37(27-28-42(41)57-43(39)40)48-53-44(32-13-5-2-6-14-32)51-45(54-48)33-15-7-3-8-16-33/h2-30H. The number of nitrogens with zero attached hydrogens (tertiary/aromatic N) is 7. The maximum Gasteiger partial charge on any atom is 0.187 e. The molecule has 0 radical (unpaired) electrons. The maximum absolute atomic E-state index is 7.42. The highest BCUT2D eigenvalue weighted by atomic mass is 16.3. The van der Waals surface area contributed by atoms with E-state index in [4.69, 9.17) is 40.9 Å². The highest BCUT2D eigenvalue weighted by Crippen LogP contribution is 2.38. The number of hydrogen-bond acceptors (Lipinski definition) is 7. The molecule has 0 amide bonds. The molecule has 0 aliphatic carbocycles. The monoisotopic (exact) mass is 731 g/mol. The Bertz CT molecular complexity index is 3060. The molecule has 0 aliphatic heterocycles. The van der Waals surface area contributed by atoms with Gasteiger partial charge in [-0.25, -0.2) is 34.7 Å². The summed E-state index contributed by atoms with van der Waals surface area (Å²) in [6, 6.07) is 57.5. The van der Waals surface area contributed by atoms with Crippen LogP contribution in [0, 0.1) is 6.57 Å². The Hall–Kier alpha value is -8.15. The smallest absolute Gasteiger partial charge is 0.187 e. The minimum Gasteiger partial charge on any atom is -0.455 e. The summed E-state index contributed by atoms with van der Waals surface area (Å²) >= 11 is 0. The second-order valence-corrected chi connectivity index (χ2v) is 13.4. The van der Waals surface area contributed by atoms with E-state index in [9.17, 15) is 0 Å². The van der Waals surface area contributed by atoms with E-state index in [1.807, 2.05) is 164 Å². The van der Waals surface area contributed by atoms with E-state index in [0.29, 0.717) is 46.2 Å². The quantitative estimate of drug-likeness (QED) is 0.151. The molecule has 8 nitrogen and oxygen atoms in total. The van der Waals surface area contributed by atoms with Gasteiger partial charge in [0.1, 0.15) is 11.2 Å². The average molecular weight is 732 g/mol. The summed E-state index contributed by atoms with van der Waals surface area (Å²) in [5, 5.41) is 1.84. The van der Waals surface area contributed by atoms with Crippen molar-refractivity contribution in [2.45, 2.75) is 0 Å². The lowest BCUT2D eigenvalue weighted by atomic mass is 10.0. The molecule has 0 bridgehead atoms. The second kappa shape index (κ2) is 14.3. The molecule has 0 saturated heterocycles. The Labute approximate surface area is 327 Å². The molecule has 0 fully saturated rings.